The van der Waals surface area contributed by atoms with E-state index < -0.39 is 23.8 Å². The van der Waals surface area contributed by atoms with Gasteiger partial charge in [0.2, 0.25) is 0 Å². The quantitative estimate of drug-likeness (QED) is 0.736. The molecular weight excluding hydrogens is 335 g/mol. The van der Waals surface area contributed by atoms with Crippen molar-refractivity contribution < 1.29 is 19.7 Å². The fraction of sp³-hybridized carbons (Fsp3) is 0.333. The maximum atomic E-state index is 13.1. The minimum absolute atomic E-state index is 0.0474. The number of benzene rings is 1. The molecule has 0 bridgehead atoms. The van der Waals surface area contributed by atoms with E-state index in [0.29, 0.717) is 4.47 Å². The monoisotopic (exact) mass is 342 g/mol. The van der Waals surface area contributed by atoms with Gasteiger partial charge in [-0.05, 0) is 12.1 Å². The van der Waals surface area contributed by atoms with Crippen LogP contribution in [0, 0.1) is 5.82 Å². The number of hydrogen-bond donors (Lipinski definition) is 3. The summed E-state index contributed by atoms with van der Waals surface area (Å²) in [5, 5.41) is 28.4. The lowest BCUT2D eigenvalue weighted by Crippen LogP contribution is -2.19. The smallest absolute Gasteiger partial charge is 0.166 e. The van der Waals surface area contributed by atoms with Crippen molar-refractivity contribution in [2.75, 3.05) is 5.33 Å². The van der Waals surface area contributed by atoms with Crippen molar-refractivity contribution in [2.24, 2.45) is 0 Å². The van der Waals surface area contributed by atoms with Gasteiger partial charge in [0.1, 0.15) is 6.10 Å². The third-order valence-electron chi connectivity index (χ3n) is 1.90. The topological polar surface area (TPSA) is 60.7 Å². The highest BCUT2D eigenvalue weighted by atomic mass is 79.9. The summed E-state index contributed by atoms with van der Waals surface area (Å²) in [6.45, 7) is 0. The van der Waals surface area contributed by atoms with Crippen LogP contribution in [0.25, 0.3) is 0 Å². The van der Waals surface area contributed by atoms with E-state index in [0.717, 1.165) is 6.07 Å². The predicted molar refractivity (Wildman–Crippen MR) is 60.5 cm³/mol. The molecule has 1 aromatic rings. The van der Waals surface area contributed by atoms with Gasteiger partial charge in [0.25, 0.3) is 0 Å². The molecule has 1 rings (SSSR count). The van der Waals surface area contributed by atoms with Crippen molar-refractivity contribution in [3.63, 3.8) is 0 Å². The summed E-state index contributed by atoms with van der Waals surface area (Å²) < 4.78 is 13.5. The molecule has 0 saturated carbocycles. The second kappa shape index (κ2) is 5.25. The number of halogens is 3. The van der Waals surface area contributed by atoms with Crippen LogP contribution in [0.3, 0.4) is 0 Å². The Morgan fingerprint density at radius 1 is 1.33 bits per heavy atom. The van der Waals surface area contributed by atoms with Gasteiger partial charge in [-0.1, -0.05) is 31.9 Å². The number of aliphatic hydroxyl groups is 2. The van der Waals surface area contributed by atoms with Gasteiger partial charge >= 0.3 is 0 Å². The summed E-state index contributed by atoms with van der Waals surface area (Å²) in [4.78, 5) is 0. The molecule has 0 aliphatic heterocycles. The maximum Gasteiger partial charge on any atom is 0.166 e. The highest BCUT2D eigenvalue weighted by molar-refractivity contribution is 9.10. The Kier molecular flexibility index (Phi) is 4.51. The molecule has 15 heavy (non-hydrogen) atoms. The van der Waals surface area contributed by atoms with Gasteiger partial charge in [-0.3, -0.25) is 0 Å². The minimum Gasteiger partial charge on any atom is -0.505 e. The zero-order chi connectivity index (χ0) is 11.6. The zero-order valence-corrected chi connectivity index (χ0v) is 10.7. The lowest BCUT2D eigenvalue weighted by Gasteiger charge is -2.17. The van der Waals surface area contributed by atoms with Crippen molar-refractivity contribution in [1.82, 2.24) is 0 Å². The molecule has 0 radical (unpaired) electrons. The van der Waals surface area contributed by atoms with Gasteiger partial charge in [-0.2, -0.15) is 0 Å². The Hall–Kier alpha value is -0.170. The Morgan fingerprint density at radius 2 is 1.93 bits per heavy atom. The van der Waals surface area contributed by atoms with Crippen LogP contribution in [0.5, 0.6) is 5.75 Å². The van der Waals surface area contributed by atoms with Gasteiger partial charge in [0.15, 0.2) is 11.6 Å². The van der Waals surface area contributed by atoms with Crippen LogP contribution in [-0.2, 0) is 0 Å². The van der Waals surface area contributed by atoms with Crippen LogP contribution in [-0.4, -0.2) is 26.8 Å². The molecule has 0 aliphatic rings. The van der Waals surface area contributed by atoms with Crippen molar-refractivity contribution >= 4 is 31.9 Å². The standard InChI is InChI=1S/C9H9Br2FO3/c10-3-7(13)9(15)5-1-4(11)2-6(12)8(5)14/h1-2,7,9,13-15H,3H2. The Balaban J connectivity index is 3.13. The summed E-state index contributed by atoms with van der Waals surface area (Å²) in [6.07, 6.45) is -2.44. The first kappa shape index (κ1) is 12.9. The van der Waals surface area contributed by atoms with Gasteiger partial charge in [0.05, 0.1) is 6.10 Å². The van der Waals surface area contributed by atoms with Gasteiger partial charge in [-0.25, -0.2) is 4.39 Å². The van der Waals surface area contributed by atoms with E-state index in [2.05, 4.69) is 31.9 Å². The molecule has 0 spiro atoms. The first-order valence-corrected chi connectivity index (χ1v) is 5.98. The van der Waals surface area contributed by atoms with Gasteiger partial charge in [0, 0.05) is 15.4 Å². The number of hydrogen-bond acceptors (Lipinski definition) is 3. The van der Waals surface area contributed by atoms with Crippen LogP contribution >= 0.6 is 31.9 Å². The second-order valence-corrected chi connectivity index (χ2v) is 4.56. The van der Waals surface area contributed by atoms with Gasteiger partial charge in [-0.15, -0.1) is 0 Å². The maximum absolute atomic E-state index is 13.1. The number of alkyl halides is 1. The van der Waals surface area contributed by atoms with E-state index in [9.17, 15) is 19.7 Å². The number of rotatable bonds is 3. The lowest BCUT2D eigenvalue weighted by molar-refractivity contribution is 0.0324. The van der Waals surface area contributed by atoms with Crippen molar-refractivity contribution in [2.45, 2.75) is 12.2 Å². The minimum atomic E-state index is -1.34. The van der Waals surface area contributed by atoms with E-state index >= 15 is 0 Å². The van der Waals surface area contributed by atoms with Crippen LogP contribution in [0.15, 0.2) is 16.6 Å². The average Bonchev–Trinajstić information content (AvgIpc) is 2.21. The molecule has 2 atom stereocenters. The molecule has 0 fully saturated rings. The van der Waals surface area contributed by atoms with Crippen LogP contribution < -0.4 is 0 Å². The SMILES string of the molecule is Oc1c(F)cc(Br)cc1C(O)C(O)CBr. The molecule has 1 aromatic carbocycles. The summed E-state index contributed by atoms with van der Waals surface area (Å²) in [5.74, 6) is -1.49. The fourth-order valence-electron chi connectivity index (χ4n) is 1.10. The summed E-state index contributed by atoms with van der Waals surface area (Å²) in [6, 6.07) is 2.43. The Morgan fingerprint density at radius 3 is 2.47 bits per heavy atom. The first-order valence-electron chi connectivity index (χ1n) is 4.07. The van der Waals surface area contributed by atoms with Crippen LogP contribution in [0.4, 0.5) is 4.39 Å². The average molecular weight is 344 g/mol. The molecule has 2 unspecified atom stereocenters. The number of phenolic OH excluding ortho intramolecular Hbond substituents is 1. The van der Waals surface area contributed by atoms with E-state index in [1.165, 1.54) is 6.07 Å². The predicted octanol–water partition coefficient (Wildman–Crippen LogP) is 2.08. The van der Waals surface area contributed by atoms with Crippen molar-refractivity contribution in [1.29, 1.82) is 0 Å². The normalized spacial score (nSPS) is 15.0. The van der Waals surface area contributed by atoms with E-state index in [4.69, 9.17) is 0 Å². The third kappa shape index (κ3) is 2.90. The molecule has 0 aliphatic carbocycles. The molecule has 3 nitrogen and oxygen atoms in total. The van der Waals surface area contributed by atoms with Crippen LogP contribution in [0.2, 0.25) is 0 Å². The second-order valence-electron chi connectivity index (χ2n) is 2.99. The molecule has 3 N–H and O–H groups in total. The number of aromatic hydroxyl groups is 1. The number of phenols is 1. The molecule has 84 valence electrons. The van der Waals surface area contributed by atoms with Gasteiger partial charge < -0.3 is 15.3 Å². The lowest BCUT2D eigenvalue weighted by atomic mass is 10.0. The van der Waals surface area contributed by atoms with Crippen molar-refractivity contribution in [3.8, 4) is 5.75 Å². The van der Waals surface area contributed by atoms with E-state index in [1.54, 1.807) is 0 Å². The van der Waals surface area contributed by atoms with Crippen LogP contribution in [0.1, 0.15) is 11.7 Å². The highest BCUT2D eigenvalue weighted by Crippen LogP contribution is 2.32. The van der Waals surface area contributed by atoms with E-state index in [1.807, 2.05) is 0 Å². The summed E-state index contributed by atoms with van der Waals surface area (Å²) >= 11 is 6.01. The molecule has 6 heteroatoms. The molecule has 0 amide bonds. The molecule has 0 saturated heterocycles. The summed E-state index contributed by atoms with van der Waals surface area (Å²) in [7, 11) is 0. The largest absolute Gasteiger partial charge is 0.505 e. The molecular formula is C9H9Br2FO3. The first-order chi connectivity index (χ1) is 6.97. The zero-order valence-electron chi connectivity index (χ0n) is 7.49. The van der Waals surface area contributed by atoms with Crippen molar-refractivity contribution in [3.05, 3.63) is 28.0 Å². The highest BCUT2D eigenvalue weighted by Gasteiger charge is 2.22. The molecule has 0 aromatic heterocycles. The Bertz CT molecular complexity index is 359. The van der Waals surface area contributed by atoms with E-state index in [-0.39, 0.29) is 10.9 Å². The summed E-state index contributed by atoms with van der Waals surface area (Å²) in [5.41, 5.74) is -0.0474. The fourth-order valence-corrected chi connectivity index (χ4v) is 1.90. The molecule has 0 heterocycles. The Labute approximate surface area is 103 Å². The third-order valence-corrected chi connectivity index (χ3v) is 3.02. The number of aliphatic hydroxyl groups excluding tert-OH is 2.